The van der Waals surface area contributed by atoms with Gasteiger partial charge in [0.15, 0.2) is 0 Å². The Hall–Kier alpha value is -1.90. The van der Waals surface area contributed by atoms with Crippen molar-refractivity contribution in [3.05, 3.63) is 48.5 Å². The molecule has 15 heavy (non-hydrogen) atoms. The quantitative estimate of drug-likeness (QED) is 0.662. The van der Waals surface area contributed by atoms with Gasteiger partial charge in [0.05, 0.1) is 18.2 Å². The molecule has 1 radical (unpaired) electrons. The van der Waals surface area contributed by atoms with Crippen molar-refractivity contribution in [1.29, 1.82) is 0 Å². The van der Waals surface area contributed by atoms with E-state index in [4.69, 9.17) is 0 Å². The highest BCUT2D eigenvalue weighted by molar-refractivity contribution is 5.94. The molecule has 0 saturated carbocycles. The molecule has 1 heterocycles. The maximum Gasteiger partial charge on any atom is 0.337 e. The first kappa shape index (κ1) is 9.65. The van der Waals surface area contributed by atoms with Gasteiger partial charge in [-0.05, 0) is 36.8 Å². The Morgan fingerprint density at radius 1 is 1.40 bits per heavy atom. The van der Waals surface area contributed by atoms with E-state index in [-0.39, 0.29) is 5.97 Å². The molecule has 75 valence electrons. The second-order valence-corrected chi connectivity index (χ2v) is 3.24. The number of nitrogens with zero attached hydrogens (tertiary/aromatic N) is 1. The molecule has 0 aliphatic rings. The molecule has 2 aromatic rings. The maximum atomic E-state index is 11.3. The van der Waals surface area contributed by atoms with E-state index in [1.807, 2.05) is 6.07 Å². The van der Waals surface area contributed by atoms with E-state index in [0.717, 1.165) is 16.5 Å². The van der Waals surface area contributed by atoms with E-state index in [2.05, 4.69) is 16.6 Å². The zero-order valence-electron chi connectivity index (χ0n) is 8.36. The Morgan fingerprint density at radius 2 is 2.20 bits per heavy atom. The van der Waals surface area contributed by atoms with Crippen LogP contribution in [-0.4, -0.2) is 18.1 Å². The van der Waals surface area contributed by atoms with Gasteiger partial charge < -0.3 is 4.74 Å². The molecule has 0 fully saturated rings. The van der Waals surface area contributed by atoms with Gasteiger partial charge in [0.1, 0.15) is 0 Å². The number of fused-ring (bicyclic) bond motifs is 1. The highest BCUT2D eigenvalue weighted by Crippen LogP contribution is 2.15. The summed E-state index contributed by atoms with van der Waals surface area (Å²) in [4.78, 5) is 15.5. The van der Waals surface area contributed by atoms with Crippen molar-refractivity contribution >= 4 is 16.9 Å². The fraction of sp³-hybridized carbons (Fsp3) is 0.0833. The lowest BCUT2D eigenvalue weighted by Gasteiger charge is -2.02. The van der Waals surface area contributed by atoms with Crippen LogP contribution in [0.15, 0.2) is 30.5 Å². The van der Waals surface area contributed by atoms with Gasteiger partial charge in [-0.25, -0.2) is 4.79 Å². The van der Waals surface area contributed by atoms with E-state index in [0.29, 0.717) is 5.56 Å². The number of hydrogen-bond acceptors (Lipinski definition) is 3. The number of methoxy groups -OCH3 is 1. The summed E-state index contributed by atoms with van der Waals surface area (Å²) in [5.74, 6) is -0.341. The zero-order chi connectivity index (χ0) is 10.8. The summed E-state index contributed by atoms with van der Waals surface area (Å²) in [5.41, 5.74) is 2.19. The lowest BCUT2D eigenvalue weighted by atomic mass is 10.1. The normalized spacial score (nSPS) is 10.3. The highest BCUT2D eigenvalue weighted by atomic mass is 16.5. The summed E-state index contributed by atoms with van der Waals surface area (Å²) in [6.07, 6.45) is 1.69. The Balaban J connectivity index is 2.59. The van der Waals surface area contributed by atoms with Crippen LogP contribution in [0.2, 0.25) is 0 Å². The van der Waals surface area contributed by atoms with Crippen LogP contribution < -0.4 is 0 Å². The summed E-state index contributed by atoms with van der Waals surface area (Å²) in [7, 11) is 1.36. The molecule has 1 aromatic heterocycles. The molecule has 0 amide bonds. The first-order valence-corrected chi connectivity index (χ1v) is 4.51. The van der Waals surface area contributed by atoms with Gasteiger partial charge in [-0.15, -0.1) is 0 Å². The van der Waals surface area contributed by atoms with Crippen molar-refractivity contribution in [2.24, 2.45) is 0 Å². The first-order chi connectivity index (χ1) is 7.20. The summed E-state index contributed by atoms with van der Waals surface area (Å²) in [6.45, 7) is 3.79. The van der Waals surface area contributed by atoms with E-state index in [1.54, 1.807) is 24.4 Å². The Morgan fingerprint density at radius 3 is 2.93 bits per heavy atom. The van der Waals surface area contributed by atoms with Gasteiger partial charge in [-0.2, -0.15) is 0 Å². The minimum atomic E-state index is -0.341. The third-order valence-corrected chi connectivity index (χ3v) is 2.16. The zero-order valence-corrected chi connectivity index (χ0v) is 8.36. The van der Waals surface area contributed by atoms with Crippen LogP contribution in [0.1, 0.15) is 15.9 Å². The molecular formula is C12H10NO2. The number of carbonyl (C=O) groups excluding carboxylic acids is 1. The predicted octanol–water partition coefficient (Wildman–Crippen LogP) is 2.20. The second-order valence-electron chi connectivity index (χ2n) is 3.24. The van der Waals surface area contributed by atoms with Crippen LogP contribution in [0.3, 0.4) is 0 Å². The molecule has 0 bridgehead atoms. The van der Waals surface area contributed by atoms with Crippen molar-refractivity contribution < 1.29 is 9.53 Å². The molecule has 0 aliphatic heterocycles. The lowest BCUT2D eigenvalue weighted by molar-refractivity contribution is 0.0601. The number of carbonyl (C=O) groups is 1. The monoisotopic (exact) mass is 200 g/mol. The lowest BCUT2D eigenvalue weighted by Crippen LogP contribution is -2.00. The fourth-order valence-electron chi connectivity index (χ4n) is 1.42. The van der Waals surface area contributed by atoms with Crippen molar-refractivity contribution in [2.45, 2.75) is 0 Å². The molecule has 0 saturated heterocycles. The van der Waals surface area contributed by atoms with Gasteiger partial charge in [-0.1, -0.05) is 0 Å². The Labute approximate surface area is 87.7 Å². The standard InChI is InChI=1S/C12H10NO2/c1-8-5-10-6-9(12(14)15-2)3-4-11(10)13-7-8/h3-7H,1H2,2H3. The van der Waals surface area contributed by atoms with E-state index < -0.39 is 0 Å². The van der Waals surface area contributed by atoms with Crippen molar-refractivity contribution in [2.75, 3.05) is 7.11 Å². The molecule has 0 N–H and O–H groups in total. The predicted molar refractivity (Wildman–Crippen MR) is 57.5 cm³/mol. The van der Waals surface area contributed by atoms with Gasteiger partial charge >= 0.3 is 5.97 Å². The molecule has 0 atom stereocenters. The van der Waals surface area contributed by atoms with E-state index in [9.17, 15) is 4.79 Å². The van der Waals surface area contributed by atoms with Crippen molar-refractivity contribution in [3.8, 4) is 0 Å². The average molecular weight is 200 g/mol. The third-order valence-electron chi connectivity index (χ3n) is 2.16. The van der Waals surface area contributed by atoms with Gasteiger partial charge in [0.2, 0.25) is 0 Å². The maximum absolute atomic E-state index is 11.3. The Kier molecular flexibility index (Phi) is 2.37. The van der Waals surface area contributed by atoms with Gasteiger partial charge in [0.25, 0.3) is 0 Å². The Bertz CT molecular complexity index is 520. The van der Waals surface area contributed by atoms with E-state index in [1.165, 1.54) is 7.11 Å². The largest absolute Gasteiger partial charge is 0.465 e. The number of hydrogen-bond donors (Lipinski definition) is 0. The molecule has 0 spiro atoms. The highest BCUT2D eigenvalue weighted by Gasteiger charge is 2.05. The summed E-state index contributed by atoms with van der Waals surface area (Å²) >= 11 is 0. The third kappa shape index (κ3) is 1.81. The van der Waals surface area contributed by atoms with Crippen LogP contribution >= 0.6 is 0 Å². The summed E-state index contributed by atoms with van der Waals surface area (Å²) < 4.78 is 4.64. The van der Waals surface area contributed by atoms with Crippen LogP contribution in [0.5, 0.6) is 0 Å². The second kappa shape index (κ2) is 3.69. The van der Waals surface area contributed by atoms with Crippen LogP contribution in [0.25, 0.3) is 10.9 Å². The number of ether oxygens (including phenoxy) is 1. The van der Waals surface area contributed by atoms with Crippen LogP contribution in [0.4, 0.5) is 0 Å². The van der Waals surface area contributed by atoms with Crippen LogP contribution in [-0.2, 0) is 4.74 Å². The molecule has 3 nitrogen and oxygen atoms in total. The molecule has 1 aromatic carbocycles. The smallest absolute Gasteiger partial charge is 0.337 e. The first-order valence-electron chi connectivity index (χ1n) is 4.51. The van der Waals surface area contributed by atoms with Crippen LogP contribution in [0, 0.1) is 6.92 Å². The topological polar surface area (TPSA) is 39.2 Å². The van der Waals surface area contributed by atoms with Crippen molar-refractivity contribution in [1.82, 2.24) is 4.98 Å². The molecular weight excluding hydrogens is 190 g/mol. The fourth-order valence-corrected chi connectivity index (χ4v) is 1.42. The number of aromatic nitrogens is 1. The molecule has 3 heteroatoms. The number of pyridine rings is 1. The molecule has 2 rings (SSSR count). The van der Waals surface area contributed by atoms with Gasteiger partial charge in [0, 0.05) is 11.6 Å². The van der Waals surface area contributed by atoms with E-state index >= 15 is 0 Å². The number of benzene rings is 1. The summed E-state index contributed by atoms with van der Waals surface area (Å²) in [5, 5.41) is 0.894. The summed E-state index contributed by atoms with van der Waals surface area (Å²) in [6, 6.07) is 7.13. The minimum Gasteiger partial charge on any atom is -0.465 e. The van der Waals surface area contributed by atoms with Gasteiger partial charge in [-0.3, -0.25) is 4.98 Å². The van der Waals surface area contributed by atoms with Crippen molar-refractivity contribution in [3.63, 3.8) is 0 Å². The average Bonchev–Trinajstić information content (AvgIpc) is 2.27. The molecule has 0 aliphatic carbocycles. The number of rotatable bonds is 1. The minimum absolute atomic E-state index is 0.341. The SMILES string of the molecule is [CH2]c1cnc2ccc(C(=O)OC)cc2c1. The molecule has 0 unspecified atom stereocenters. The number of esters is 1.